The molecule has 0 spiro atoms. The first-order valence-corrected chi connectivity index (χ1v) is 4.77. The van der Waals surface area contributed by atoms with Crippen LogP contribution < -0.4 is 5.32 Å². The van der Waals surface area contributed by atoms with Crippen molar-refractivity contribution in [1.82, 2.24) is 5.32 Å². The van der Waals surface area contributed by atoms with Gasteiger partial charge in [-0.3, -0.25) is 4.79 Å². The molecular weight excluding hydrogens is 207 g/mol. The zero-order chi connectivity index (χ0) is 10.5. The minimum absolute atomic E-state index is 0.0879. The van der Waals surface area contributed by atoms with Crippen molar-refractivity contribution in [2.24, 2.45) is 0 Å². The molecule has 0 heterocycles. The van der Waals surface area contributed by atoms with Crippen molar-refractivity contribution >= 4 is 17.7 Å². The van der Waals surface area contributed by atoms with Crippen molar-refractivity contribution in [1.29, 1.82) is 0 Å². The normalized spacial score (nSPS) is 13.9. The summed E-state index contributed by atoms with van der Waals surface area (Å²) in [6, 6.07) is 0. The smallest absolute Gasteiger partial charge is 0.382 e. The Hall–Kier alpha value is -0.430. The van der Waals surface area contributed by atoms with Crippen LogP contribution in [0.25, 0.3) is 0 Å². The summed E-state index contributed by atoms with van der Waals surface area (Å²) in [4.78, 5) is 10.7. The number of halogens is 3. The molecule has 1 atom stereocenters. The molecule has 78 valence electrons. The van der Waals surface area contributed by atoms with Gasteiger partial charge in [0.2, 0.25) is 5.91 Å². The lowest BCUT2D eigenvalue weighted by Gasteiger charge is -2.14. The average molecular weight is 217 g/mol. The highest BCUT2D eigenvalue weighted by Crippen LogP contribution is 2.19. The van der Waals surface area contributed by atoms with E-state index in [2.05, 4.69) is 0 Å². The summed E-state index contributed by atoms with van der Waals surface area (Å²) in [6.45, 7) is -0.789. The molecule has 7 heteroatoms. The zero-order valence-corrected chi connectivity index (χ0v) is 7.71. The van der Waals surface area contributed by atoms with E-state index >= 15 is 0 Å². The third kappa shape index (κ3) is 5.75. The standard InChI is InChI=1S/C6H10F3NO2S/c1-13-3-5(12)10-2-4(11)6(7,8)9/h4,11H,2-3H2,1H3,(H,10,12). The third-order valence-electron chi connectivity index (χ3n) is 1.15. The summed E-state index contributed by atoms with van der Waals surface area (Å²) in [5.74, 6) is -0.430. The minimum atomic E-state index is -4.67. The topological polar surface area (TPSA) is 49.3 Å². The number of nitrogens with one attached hydrogen (secondary N) is 1. The summed E-state index contributed by atoms with van der Waals surface area (Å²) in [5.41, 5.74) is 0. The monoisotopic (exact) mass is 217 g/mol. The highest BCUT2D eigenvalue weighted by atomic mass is 32.2. The van der Waals surface area contributed by atoms with Gasteiger partial charge in [-0.2, -0.15) is 24.9 Å². The van der Waals surface area contributed by atoms with E-state index in [4.69, 9.17) is 5.11 Å². The van der Waals surface area contributed by atoms with Crippen molar-refractivity contribution in [3.8, 4) is 0 Å². The number of amides is 1. The number of hydrogen-bond acceptors (Lipinski definition) is 3. The molecule has 0 aromatic rings. The average Bonchev–Trinajstić information content (AvgIpc) is 1.99. The second kappa shape index (κ2) is 5.33. The van der Waals surface area contributed by atoms with Crippen molar-refractivity contribution in [3.05, 3.63) is 0 Å². The Morgan fingerprint density at radius 1 is 1.62 bits per heavy atom. The van der Waals surface area contributed by atoms with Gasteiger partial charge in [-0.25, -0.2) is 0 Å². The fraction of sp³-hybridized carbons (Fsp3) is 0.833. The van der Waals surface area contributed by atoms with Crippen LogP contribution in [-0.2, 0) is 4.79 Å². The van der Waals surface area contributed by atoms with E-state index in [0.29, 0.717) is 0 Å². The second-order valence-corrected chi connectivity index (χ2v) is 3.16. The Morgan fingerprint density at radius 3 is 2.54 bits per heavy atom. The first kappa shape index (κ1) is 12.6. The number of thioether (sulfide) groups is 1. The summed E-state index contributed by atoms with van der Waals surface area (Å²) < 4.78 is 35.0. The number of aliphatic hydroxyl groups is 1. The molecule has 0 aliphatic heterocycles. The Balaban J connectivity index is 3.70. The Kier molecular flexibility index (Phi) is 5.16. The van der Waals surface area contributed by atoms with Gasteiger partial charge >= 0.3 is 6.18 Å². The van der Waals surface area contributed by atoms with Crippen molar-refractivity contribution in [2.75, 3.05) is 18.6 Å². The first-order chi connectivity index (χ1) is 5.88. The van der Waals surface area contributed by atoms with Gasteiger partial charge in [-0.15, -0.1) is 0 Å². The van der Waals surface area contributed by atoms with Crippen molar-refractivity contribution in [3.63, 3.8) is 0 Å². The van der Waals surface area contributed by atoms with Gasteiger partial charge in [0.25, 0.3) is 0 Å². The zero-order valence-electron chi connectivity index (χ0n) is 6.89. The summed E-state index contributed by atoms with van der Waals surface area (Å²) >= 11 is 1.19. The van der Waals surface area contributed by atoms with Crippen LogP contribution in [0.5, 0.6) is 0 Å². The van der Waals surface area contributed by atoms with Crippen LogP contribution in [0.15, 0.2) is 0 Å². The molecule has 2 N–H and O–H groups in total. The van der Waals surface area contributed by atoms with Crippen LogP contribution in [0.3, 0.4) is 0 Å². The first-order valence-electron chi connectivity index (χ1n) is 3.38. The maximum absolute atomic E-state index is 11.7. The van der Waals surface area contributed by atoms with Gasteiger partial charge in [-0.1, -0.05) is 0 Å². The van der Waals surface area contributed by atoms with Crippen molar-refractivity contribution < 1.29 is 23.1 Å². The second-order valence-electron chi connectivity index (χ2n) is 2.29. The van der Waals surface area contributed by atoms with Crippen LogP contribution in [0.4, 0.5) is 13.2 Å². The summed E-state index contributed by atoms with van der Waals surface area (Å²) in [5, 5.41) is 10.4. The molecule has 0 bridgehead atoms. The molecule has 0 saturated heterocycles. The largest absolute Gasteiger partial charge is 0.416 e. The third-order valence-corrected chi connectivity index (χ3v) is 1.70. The molecule has 13 heavy (non-hydrogen) atoms. The quantitative estimate of drug-likeness (QED) is 0.716. The van der Waals surface area contributed by atoms with E-state index in [1.807, 2.05) is 5.32 Å². The van der Waals surface area contributed by atoms with Gasteiger partial charge in [0.1, 0.15) is 0 Å². The van der Waals surface area contributed by atoms with Crippen LogP contribution in [0.1, 0.15) is 0 Å². The molecule has 0 saturated carbocycles. The molecule has 0 aliphatic carbocycles. The van der Waals surface area contributed by atoms with E-state index in [1.54, 1.807) is 6.26 Å². The molecule has 3 nitrogen and oxygen atoms in total. The Labute approximate surface area is 77.7 Å². The molecule has 0 rings (SSSR count). The van der Waals surface area contributed by atoms with E-state index in [0.717, 1.165) is 0 Å². The maximum atomic E-state index is 11.7. The highest BCUT2D eigenvalue weighted by Gasteiger charge is 2.38. The number of rotatable bonds is 4. The fourth-order valence-electron chi connectivity index (χ4n) is 0.508. The molecule has 0 aliphatic rings. The van der Waals surface area contributed by atoms with Gasteiger partial charge in [0, 0.05) is 0 Å². The van der Waals surface area contributed by atoms with Crippen LogP contribution in [0.2, 0.25) is 0 Å². The Morgan fingerprint density at radius 2 is 2.15 bits per heavy atom. The molecular formula is C6H10F3NO2S. The lowest BCUT2D eigenvalue weighted by molar-refractivity contribution is -0.201. The van der Waals surface area contributed by atoms with Gasteiger partial charge in [0.15, 0.2) is 6.10 Å². The lowest BCUT2D eigenvalue weighted by atomic mass is 10.3. The fourth-order valence-corrected chi connectivity index (χ4v) is 0.873. The van der Waals surface area contributed by atoms with Crippen LogP contribution >= 0.6 is 11.8 Å². The number of aliphatic hydroxyl groups excluding tert-OH is 1. The lowest BCUT2D eigenvalue weighted by Crippen LogP contribution is -2.41. The summed E-state index contributed by atoms with van der Waals surface area (Å²) in [6.07, 6.45) is -5.51. The molecule has 1 unspecified atom stereocenters. The van der Waals surface area contributed by atoms with Crippen molar-refractivity contribution in [2.45, 2.75) is 12.3 Å². The van der Waals surface area contributed by atoms with Gasteiger partial charge in [0.05, 0.1) is 12.3 Å². The highest BCUT2D eigenvalue weighted by molar-refractivity contribution is 7.99. The Bertz CT molecular complexity index is 174. The van der Waals surface area contributed by atoms with E-state index < -0.39 is 24.7 Å². The molecule has 0 fully saturated rings. The number of hydrogen-bond donors (Lipinski definition) is 2. The SMILES string of the molecule is CSCC(=O)NCC(O)C(F)(F)F. The number of alkyl halides is 3. The predicted octanol–water partition coefficient (Wildman–Crippen LogP) is 0.389. The van der Waals surface area contributed by atoms with Crippen LogP contribution in [-0.4, -0.2) is 41.8 Å². The molecule has 1 amide bonds. The van der Waals surface area contributed by atoms with Gasteiger partial charge in [-0.05, 0) is 6.26 Å². The maximum Gasteiger partial charge on any atom is 0.416 e. The van der Waals surface area contributed by atoms with Gasteiger partial charge < -0.3 is 10.4 Å². The van der Waals surface area contributed by atoms with E-state index in [9.17, 15) is 18.0 Å². The molecule has 0 aromatic heterocycles. The van der Waals surface area contributed by atoms with E-state index in [-0.39, 0.29) is 5.75 Å². The molecule has 0 aromatic carbocycles. The number of carbonyl (C=O) groups excluding carboxylic acids is 1. The van der Waals surface area contributed by atoms with Crippen LogP contribution in [0, 0.1) is 0 Å². The molecule has 0 radical (unpaired) electrons. The van der Waals surface area contributed by atoms with E-state index in [1.165, 1.54) is 11.8 Å². The number of carbonyl (C=O) groups is 1. The summed E-state index contributed by atoms with van der Waals surface area (Å²) in [7, 11) is 0. The minimum Gasteiger partial charge on any atom is -0.382 e. The predicted molar refractivity (Wildman–Crippen MR) is 43.5 cm³/mol.